The predicted molar refractivity (Wildman–Crippen MR) is 85.1 cm³/mol. The first-order chi connectivity index (χ1) is 12.4. The summed E-state index contributed by atoms with van der Waals surface area (Å²) in [7, 11) is 1.22. The Labute approximate surface area is 146 Å². The van der Waals surface area contributed by atoms with Crippen LogP contribution in [0.5, 0.6) is 17.2 Å². The SMILES string of the molecule is COc1c(O)c2ccc(O[C@H]3O[C@H](CO)[C@@H](O)[C@H](O)[C@@H]3O)cc2oc1=O. The molecular weight excluding hydrogens is 352 g/mol. The van der Waals surface area contributed by atoms with E-state index in [-0.39, 0.29) is 22.5 Å². The minimum Gasteiger partial charge on any atom is -0.504 e. The molecule has 0 aliphatic carbocycles. The number of fused-ring (bicyclic) bond motifs is 1. The van der Waals surface area contributed by atoms with Crippen molar-refractivity contribution in [2.24, 2.45) is 0 Å². The largest absolute Gasteiger partial charge is 0.504 e. The molecule has 10 nitrogen and oxygen atoms in total. The van der Waals surface area contributed by atoms with Gasteiger partial charge in [0.25, 0.3) is 0 Å². The van der Waals surface area contributed by atoms with Crippen molar-refractivity contribution in [2.75, 3.05) is 13.7 Å². The molecule has 0 saturated carbocycles. The van der Waals surface area contributed by atoms with Gasteiger partial charge in [-0.05, 0) is 12.1 Å². The van der Waals surface area contributed by atoms with Crippen LogP contribution in [0.3, 0.4) is 0 Å². The lowest BCUT2D eigenvalue weighted by Gasteiger charge is -2.39. The highest BCUT2D eigenvalue weighted by Crippen LogP contribution is 2.33. The molecule has 26 heavy (non-hydrogen) atoms. The molecule has 142 valence electrons. The summed E-state index contributed by atoms with van der Waals surface area (Å²) < 4.78 is 20.5. The number of aliphatic hydroxyl groups is 4. The number of aromatic hydroxyl groups is 1. The lowest BCUT2D eigenvalue weighted by atomic mass is 9.99. The van der Waals surface area contributed by atoms with Gasteiger partial charge >= 0.3 is 5.63 Å². The second-order valence-corrected chi connectivity index (χ2v) is 5.74. The molecule has 1 aliphatic rings. The summed E-state index contributed by atoms with van der Waals surface area (Å²) in [4.78, 5) is 11.8. The third kappa shape index (κ3) is 3.08. The molecule has 0 amide bonds. The number of hydrogen-bond acceptors (Lipinski definition) is 10. The summed E-state index contributed by atoms with van der Waals surface area (Å²) >= 11 is 0. The summed E-state index contributed by atoms with van der Waals surface area (Å²) in [5, 5.41) is 48.9. The van der Waals surface area contributed by atoms with Crippen molar-refractivity contribution < 1.29 is 44.2 Å². The Balaban J connectivity index is 1.90. The molecule has 5 atom stereocenters. The zero-order valence-electron chi connectivity index (χ0n) is 13.6. The fourth-order valence-corrected chi connectivity index (χ4v) is 2.70. The summed E-state index contributed by atoms with van der Waals surface area (Å²) in [6.45, 7) is -0.592. The van der Waals surface area contributed by atoms with E-state index in [0.717, 1.165) is 0 Å². The molecule has 5 N–H and O–H groups in total. The summed E-state index contributed by atoms with van der Waals surface area (Å²) in [6.07, 6.45) is -7.18. The fraction of sp³-hybridized carbons (Fsp3) is 0.438. The molecule has 2 heterocycles. The zero-order chi connectivity index (χ0) is 19.0. The molecule has 0 bridgehead atoms. The molecule has 3 rings (SSSR count). The van der Waals surface area contributed by atoms with Crippen LogP contribution in [0.4, 0.5) is 0 Å². The van der Waals surface area contributed by atoms with Crippen LogP contribution in [0.25, 0.3) is 11.0 Å². The third-order valence-corrected chi connectivity index (χ3v) is 4.12. The van der Waals surface area contributed by atoms with Crippen LogP contribution in [-0.2, 0) is 4.74 Å². The van der Waals surface area contributed by atoms with Crippen LogP contribution in [-0.4, -0.2) is 70.0 Å². The maximum atomic E-state index is 11.8. The van der Waals surface area contributed by atoms with Crippen molar-refractivity contribution in [3.8, 4) is 17.2 Å². The molecule has 1 aromatic carbocycles. The molecule has 2 aromatic rings. The lowest BCUT2D eigenvalue weighted by Crippen LogP contribution is -2.60. The number of ether oxygens (including phenoxy) is 3. The van der Waals surface area contributed by atoms with Gasteiger partial charge in [0.1, 0.15) is 35.7 Å². The minimum atomic E-state index is -1.59. The van der Waals surface area contributed by atoms with Crippen molar-refractivity contribution in [1.29, 1.82) is 0 Å². The smallest absolute Gasteiger partial charge is 0.383 e. The number of methoxy groups -OCH3 is 1. The Morgan fingerprint density at radius 3 is 2.54 bits per heavy atom. The first kappa shape index (κ1) is 18.4. The van der Waals surface area contributed by atoms with E-state index >= 15 is 0 Å². The summed E-state index contributed by atoms with van der Waals surface area (Å²) in [5.41, 5.74) is -0.891. The Hall–Kier alpha value is -2.37. The van der Waals surface area contributed by atoms with Gasteiger partial charge in [0.05, 0.1) is 19.1 Å². The van der Waals surface area contributed by atoms with Gasteiger partial charge in [-0.1, -0.05) is 0 Å². The second kappa shape index (κ2) is 7.09. The van der Waals surface area contributed by atoms with Crippen molar-refractivity contribution in [3.05, 3.63) is 28.6 Å². The van der Waals surface area contributed by atoms with Gasteiger partial charge in [0.15, 0.2) is 5.75 Å². The van der Waals surface area contributed by atoms with E-state index in [4.69, 9.17) is 18.6 Å². The summed E-state index contributed by atoms with van der Waals surface area (Å²) in [5.74, 6) is -0.632. The molecule has 1 aromatic heterocycles. The van der Waals surface area contributed by atoms with E-state index in [1.54, 1.807) is 0 Å². The van der Waals surface area contributed by atoms with Crippen LogP contribution in [0.2, 0.25) is 0 Å². The highest BCUT2D eigenvalue weighted by atomic mass is 16.7. The van der Waals surface area contributed by atoms with Crippen molar-refractivity contribution in [2.45, 2.75) is 30.7 Å². The van der Waals surface area contributed by atoms with Gasteiger partial charge in [-0.3, -0.25) is 0 Å². The quantitative estimate of drug-likeness (QED) is 0.409. The zero-order valence-corrected chi connectivity index (χ0v) is 13.6. The molecular formula is C16H18O10. The second-order valence-electron chi connectivity index (χ2n) is 5.74. The van der Waals surface area contributed by atoms with Gasteiger partial charge in [-0.2, -0.15) is 0 Å². The fourth-order valence-electron chi connectivity index (χ4n) is 2.70. The average molecular weight is 370 g/mol. The van der Waals surface area contributed by atoms with Gasteiger partial charge in [0.2, 0.25) is 12.0 Å². The number of rotatable bonds is 4. The van der Waals surface area contributed by atoms with E-state index < -0.39 is 48.7 Å². The molecule has 0 unspecified atom stereocenters. The van der Waals surface area contributed by atoms with E-state index in [0.29, 0.717) is 0 Å². The van der Waals surface area contributed by atoms with Crippen LogP contribution in [0.15, 0.2) is 27.4 Å². The highest BCUT2D eigenvalue weighted by Gasteiger charge is 2.44. The number of hydrogen-bond donors (Lipinski definition) is 5. The van der Waals surface area contributed by atoms with E-state index in [1.165, 1.54) is 25.3 Å². The summed E-state index contributed by atoms with van der Waals surface area (Å²) in [6, 6.07) is 4.08. The number of aliphatic hydroxyl groups excluding tert-OH is 4. The first-order valence-electron chi connectivity index (χ1n) is 7.68. The Kier molecular flexibility index (Phi) is 5.03. The van der Waals surface area contributed by atoms with Crippen molar-refractivity contribution in [1.82, 2.24) is 0 Å². The van der Waals surface area contributed by atoms with Crippen LogP contribution >= 0.6 is 0 Å². The Morgan fingerprint density at radius 1 is 1.15 bits per heavy atom. The molecule has 10 heteroatoms. The van der Waals surface area contributed by atoms with Crippen molar-refractivity contribution in [3.63, 3.8) is 0 Å². The van der Waals surface area contributed by atoms with E-state index in [9.17, 15) is 30.3 Å². The molecule has 1 saturated heterocycles. The number of benzene rings is 1. The van der Waals surface area contributed by atoms with E-state index in [1.807, 2.05) is 0 Å². The lowest BCUT2D eigenvalue weighted by molar-refractivity contribution is -0.277. The van der Waals surface area contributed by atoms with E-state index in [2.05, 4.69) is 0 Å². The molecule has 0 radical (unpaired) electrons. The highest BCUT2D eigenvalue weighted by molar-refractivity contribution is 5.86. The van der Waals surface area contributed by atoms with Crippen LogP contribution in [0, 0.1) is 0 Å². The van der Waals surface area contributed by atoms with Gasteiger partial charge < -0.3 is 44.2 Å². The Bertz CT molecular complexity index is 845. The molecule has 0 spiro atoms. The third-order valence-electron chi connectivity index (χ3n) is 4.12. The average Bonchev–Trinajstić information content (AvgIpc) is 2.62. The maximum absolute atomic E-state index is 11.8. The predicted octanol–water partition coefficient (Wildman–Crippen LogP) is -1.31. The standard InChI is InChI=1S/C16H18O10/c1-23-14-10(18)7-3-2-6(4-8(7)25-15(14)22)24-16-13(21)12(20)11(19)9(5-17)26-16/h2-4,9,11-13,16-21H,5H2,1H3/t9-,11-,12+,13+,16+/m1/s1. The monoisotopic (exact) mass is 370 g/mol. The van der Waals surface area contributed by atoms with Gasteiger partial charge in [-0.25, -0.2) is 4.79 Å². The minimum absolute atomic E-state index is 0.00427. The van der Waals surface area contributed by atoms with Gasteiger partial charge in [-0.15, -0.1) is 0 Å². The normalized spacial score (nSPS) is 28.9. The van der Waals surface area contributed by atoms with Gasteiger partial charge in [0, 0.05) is 6.07 Å². The molecule has 1 fully saturated rings. The van der Waals surface area contributed by atoms with Crippen LogP contribution < -0.4 is 15.1 Å². The van der Waals surface area contributed by atoms with Crippen LogP contribution in [0.1, 0.15) is 0 Å². The van der Waals surface area contributed by atoms with Crippen molar-refractivity contribution >= 4 is 11.0 Å². The maximum Gasteiger partial charge on any atom is 0.383 e. The molecule has 1 aliphatic heterocycles. The Morgan fingerprint density at radius 2 is 1.88 bits per heavy atom. The topological polar surface area (TPSA) is 159 Å². The first-order valence-corrected chi connectivity index (χ1v) is 7.68.